The predicted octanol–water partition coefficient (Wildman–Crippen LogP) is 3.55. The maximum Gasteiger partial charge on any atom is 0.261 e. The van der Waals surface area contributed by atoms with Gasteiger partial charge in [-0.1, -0.05) is 25.1 Å². The second-order valence-electron chi connectivity index (χ2n) is 7.96. The lowest BCUT2D eigenvalue weighted by Crippen LogP contribution is -2.38. The number of likely N-dealkylation sites (tertiary alicyclic amines) is 1. The van der Waals surface area contributed by atoms with E-state index >= 15 is 0 Å². The summed E-state index contributed by atoms with van der Waals surface area (Å²) in [4.78, 5) is 26.0. The number of nitrogens with two attached hydrogens (primary N) is 1. The quantitative estimate of drug-likeness (QED) is 0.418. The third-order valence-corrected chi connectivity index (χ3v) is 6.09. The molecule has 0 spiro atoms. The van der Waals surface area contributed by atoms with Crippen LogP contribution in [0.1, 0.15) is 19.8 Å². The van der Waals surface area contributed by atoms with Crippen molar-refractivity contribution in [3.63, 3.8) is 0 Å². The van der Waals surface area contributed by atoms with Crippen molar-refractivity contribution >= 4 is 33.3 Å². The second kappa shape index (κ2) is 7.50. The van der Waals surface area contributed by atoms with Crippen LogP contribution in [-0.2, 0) is 0 Å². The van der Waals surface area contributed by atoms with E-state index in [0.29, 0.717) is 23.1 Å². The number of H-pyrrole nitrogens is 2. The van der Waals surface area contributed by atoms with Crippen molar-refractivity contribution in [3.05, 3.63) is 52.8 Å². The van der Waals surface area contributed by atoms with E-state index in [1.807, 2.05) is 36.4 Å². The standard InChI is InChI=1S/C23H26N6O/c1-2-29-11-9-14(10-12-29)25-15-7-8-18-19(13-15)27-22(26-18)20-21(24)16-5-3-4-6-17(16)28-23(20)30/h3-8,13-14,25H,2,9-12H2,1H3,(H,26,27)(H3,24,28,30). The summed E-state index contributed by atoms with van der Waals surface area (Å²) in [6.45, 7) is 5.60. The van der Waals surface area contributed by atoms with Gasteiger partial charge in [-0.05, 0) is 43.7 Å². The van der Waals surface area contributed by atoms with Gasteiger partial charge in [0.1, 0.15) is 11.4 Å². The van der Waals surface area contributed by atoms with Crippen LogP contribution in [0.3, 0.4) is 0 Å². The predicted molar refractivity (Wildman–Crippen MR) is 123 cm³/mol. The van der Waals surface area contributed by atoms with Crippen molar-refractivity contribution in [2.24, 2.45) is 0 Å². The minimum absolute atomic E-state index is 0.244. The first-order chi connectivity index (χ1) is 14.6. The van der Waals surface area contributed by atoms with Crippen LogP contribution < -0.4 is 16.6 Å². The average molecular weight is 403 g/mol. The molecule has 0 amide bonds. The summed E-state index contributed by atoms with van der Waals surface area (Å²) >= 11 is 0. The smallest absolute Gasteiger partial charge is 0.261 e. The Hall–Kier alpha value is -3.32. The monoisotopic (exact) mass is 402 g/mol. The molecular weight excluding hydrogens is 376 g/mol. The van der Waals surface area contributed by atoms with Gasteiger partial charge in [-0.2, -0.15) is 0 Å². The summed E-state index contributed by atoms with van der Waals surface area (Å²) < 4.78 is 0. The number of benzene rings is 2. The van der Waals surface area contributed by atoms with Crippen molar-refractivity contribution in [1.29, 1.82) is 0 Å². The molecule has 30 heavy (non-hydrogen) atoms. The Labute approximate surface area is 174 Å². The zero-order valence-corrected chi connectivity index (χ0v) is 17.0. The van der Waals surface area contributed by atoms with E-state index in [2.05, 4.69) is 38.2 Å². The van der Waals surface area contributed by atoms with Crippen molar-refractivity contribution in [3.8, 4) is 11.4 Å². The summed E-state index contributed by atoms with van der Waals surface area (Å²) in [7, 11) is 0. The third-order valence-electron chi connectivity index (χ3n) is 6.09. The Balaban J connectivity index is 1.46. The van der Waals surface area contributed by atoms with E-state index in [4.69, 9.17) is 5.73 Å². The molecule has 0 bridgehead atoms. The molecular formula is C23H26N6O. The SMILES string of the molecule is CCN1CCC(Nc2ccc3nc(-c4c(N)c5ccccc5[nH]c4=O)[nH]c3c2)CC1. The number of hydrogen-bond donors (Lipinski definition) is 4. The molecule has 7 nitrogen and oxygen atoms in total. The molecule has 4 aromatic rings. The van der Waals surface area contributed by atoms with E-state index in [1.165, 1.54) is 0 Å². The number of pyridine rings is 1. The Morgan fingerprint density at radius 2 is 1.93 bits per heavy atom. The number of hydrogen-bond acceptors (Lipinski definition) is 5. The average Bonchev–Trinajstić information content (AvgIpc) is 3.17. The van der Waals surface area contributed by atoms with Crippen LogP contribution in [0.15, 0.2) is 47.3 Å². The molecule has 1 saturated heterocycles. The van der Waals surface area contributed by atoms with Gasteiger partial charge < -0.3 is 25.9 Å². The highest BCUT2D eigenvalue weighted by atomic mass is 16.1. The molecule has 1 aliphatic heterocycles. The van der Waals surface area contributed by atoms with Crippen LogP contribution in [0.25, 0.3) is 33.3 Å². The molecule has 5 N–H and O–H groups in total. The third kappa shape index (κ3) is 3.31. The molecule has 0 unspecified atom stereocenters. The molecule has 1 aliphatic rings. The molecule has 2 aromatic heterocycles. The van der Waals surface area contributed by atoms with Crippen LogP contribution in [0.4, 0.5) is 11.4 Å². The Morgan fingerprint density at radius 1 is 1.13 bits per heavy atom. The molecule has 5 rings (SSSR count). The van der Waals surface area contributed by atoms with E-state index < -0.39 is 0 Å². The van der Waals surface area contributed by atoms with Gasteiger partial charge in [-0.15, -0.1) is 0 Å². The Bertz CT molecular complexity index is 1270. The van der Waals surface area contributed by atoms with Crippen molar-refractivity contribution in [1.82, 2.24) is 19.9 Å². The molecule has 0 aliphatic carbocycles. The highest BCUT2D eigenvalue weighted by molar-refractivity contribution is 5.97. The lowest BCUT2D eigenvalue weighted by atomic mass is 10.0. The fourth-order valence-electron chi connectivity index (χ4n) is 4.35. The van der Waals surface area contributed by atoms with Crippen LogP contribution in [0.5, 0.6) is 0 Å². The van der Waals surface area contributed by atoms with Crippen LogP contribution >= 0.6 is 0 Å². The molecule has 0 saturated carbocycles. The highest BCUT2D eigenvalue weighted by Gasteiger charge is 2.19. The topological polar surface area (TPSA) is 103 Å². The van der Waals surface area contributed by atoms with Gasteiger partial charge in [-0.25, -0.2) is 4.98 Å². The number of fused-ring (bicyclic) bond motifs is 2. The van der Waals surface area contributed by atoms with E-state index in [9.17, 15) is 4.79 Å². The minimum atomic E-state index is -0.244. The number of nitrogens with zero attached hydrogens (tertiary/aromatic N) is 2. The number of rotatable bonds is 4. The van der Waals surface area contributed by atoms with E-state index in [1.54, 1.807) is 0 Å². The summed E-state index contributed by atoms with van der Waals surface area (Å²) in [5.41, 5.74) is 10.4. The Morgan fingerprint density at radius 3 is 2.73 bits per heavy atom. The molecule has 3 heterocycles. The second-order valence-corrected chi connectivity index (χ2v) is 7.96. The first-order valence-electron chi connectivity index (χ1n) is 10.5. The zero-order valence-electron chi connectivity index (χ0n) is 17.0. The number of imidazole rings is 1. The highest BCUT2D eigenvalue weighted by Crippen LogP contribution is 2.29. The zero-order chi connectivity index (χ0) is 20.7. The van der Waals surface area contributed by atoms with Crippen LogP contribution in [-0.4, -0.2) is 45.5 Å². The maximum absolute atomic E-state index is 12.7. The van der Waals surface area contributed by atoms with Gasteiger partial charge in [0.15, 0.2) is 0 Å². The summed E-state index contributed by atoms with van der Waals surface area (Å²) in [6, 6.07) is 14.1. The van der Waals surface area contributed by atoms with Crippen molar-refractivity contribution in [2.45, 2.75) is 25.8 Å². The number of aromatic nitrogens is 3. The number of para-hydroxylation sites is 1. The van der Waals surface area contributed by atoms with Crippen molar-refractivity contribution < 1.29 is 0 Å². The van der Waals surface area contributed by atoms with E-state index in [0.717, 1.165) is 60.1 Å². The van der Waals surface area contributed by atoms with Gasteiger partial charge in [0.2, 0.25) is 0 Å². The summed E-state index contributed by atoms with van der Waals surface area (Å²) in [5, 5.41) is 4.46. The van der Waals surface area contributed by atoms with Gasteiger partial charge in [0.25, 0.3) is 5.56 Å². The first kappa shape index (κ1) is 18.7. The number of nitrogen functional groups attached to an aromatic ring is 1. The Kier molecular flexibility index (Phi) is 4.67. The first-order valence-corrected chi connectivity index (χ1v) is 10.5. The lowest BCUT2D eigenvalue weighted by Gasteiger charge is -2.32. The molecule has 2 aromatic carbocycles. The van der Waals surface area contributed by atoms with Crippen LogP contribution in [0.2, 0.25) is 0 Å². The fourth-order valence-corrected chi connectivity index (χ4v) is 4.35. The maximum atomic E-state index is 12.7. The van der Waals surface area contributed by atoms with Gasteiger partial charge >= 0.3 is 0 Å². The molecule has 154 valence electrons. The van der Waals surface area contributed by atoms with Gasteiger partial charge in [0.05, 0.1) is 22.2 Å². The number of piperidine rings is 1. The van der Waals surface area contributed by atoms with Crippen LogP contribution in [0, 0.1) is 0 Å². The van der Waals surface area contributed by atoms with E-state index in [-0.39, 0.29) is 5.56 Å². The fraction of sp³-hybridized carbons (Fsp3) is 0.304. The summed E-state index contributed by atoms with van der Waals surface area (Å²) in [5.74, 6) is 0.489. The van der Waals surface area contributed by atoms with Gasteiger partial charge in [-0.3, -0.25) is 4.79 Å². The molecule has 0 atom stereocenters. The van der Waals surface area contributed by atoms with Crippen molar-refractivity contribution in [2.75, 3.05) is 30.7 Å². The normalized spacial score (nSPS) is 15.8. The number of aromatic amines is 2. The number of nitrogens with one attached hydrogen (secondary N) is 3. The van der Waals surface area contributed by atoms with Gasteiger partial charge in [0, 0.05) is 30.2 Å². The minimum Gasteiger partial charge on any atom is -0.397 e. The summed E-state index contributed by atoms with van der Waals surface area (Å²) in [6.07, 6.45) is 2.28. The lowest BCUT2D eigenvalue weighted by molar-refractivity contribution is 0.229. The molecule has 7 heteroatoms. The molecule has 0 radical (unpaired) electrons. The largest absolute Gasteiger partial charge is 0.397 e. The number of anilines is 2. The molecule has 1 fully saturated rings.